The number of methoxy groups -OCH3 is 1. The summed E-state index contributed by atoms with van der Waals surface area (Å²) in [6.07, 6.45) is 10.8. The highest BCUT2D eigenvalue weighted by atomic mass is 16.6. The predicted octanol–water partition coefficient (Wildman–Crippen LogP) is 15.8. The largest absolute Gasteiger partial charge is 0.465 e. The first-order chi connectivity index (χ1) is 61.6. The number of rotatable bonds is 11. The number of hydrogen-bond acceptors (Lipinski definition) is 26. The number of aromatic nitrogens is 12. The fourth-order valence-corrected chi connectivity index (χ4v) is 15.0. The smallest absolute Gasteiger partial charge is 0.421 e. The maximum absolute atomic E-state index is 13.6. The van der Waals surface area contributed by atoms with Crippen molar-refractivity contribution in [1.82, 2.24) is 74.5 Å². The van der Waals surface area contributed by atoms with E-state index in [1.165, 1.54) is 18.0 Å². The van der Waals surface area contributed by atoms with Crippen molar-refractivity contribution in [1.29, 1.82) is 15.8 Å². The van der Waals surface area contributed by atoms with E-state index in [1.54, 1.807) is 102 Å². The summed E-state index contributed by atoms with van der Waals surface area (Å²) in [6.45, 7) is 24.7. The Morgan fingerprint density at radius 2 is 0.758 bits per heavy atom. The number of nitrogens with one attached hydrogen (secondary N) is 3. The number of nitrogens with zero attached hydrogens (tertiary/aromatic N) is 18. The van der Waals surface area contributed by atoms with Crippen LogP contribution in [0.2, 0.25) is 0 Å². The first-order valence-electron chi connectivity index (χ1n) is 41.6. The van der Waals surface area contributed by atoms with E-state index in [1.807, 2.05) is 172 Å². The van der Waals surface area contributed by atoms with E-state index in [0.717, 1.165) is 92.6 Å². The number of ether oxygens (including phenoxy) is 4. The minimum atomic E-state index is -0.608. The van der Waals surface area contributed by atoms with Gasteiger partial charge in [-0.2, -0.15) is 15.8 Å². The molecule has 2 amide bonds. The Bertz CT molecular complexity index is 6900. The number of carbonyl (C=O) groups is 6. The Morgan fingerprint density at radius 1 is 0.391 bits per heavy atom. The number of ketones is 2. The zero-order chi connectivity index (χ0) is 90.1. The summed E-state index contributed by atoms with van der Waals surface area (Å²) in [5.74, 6) is 1.69. The molecule has 644 valence electrons. The molecule has 0 radical (unpaired) electrons. The van der Waals surface area contributed by atoms with Gasteiger partial charge in [-0.1, -0.05) is 72.8 Å². The first kappa shape index (κ1) is 87.0. The van der Waals surface area contributed by atoms with E-state index in [-0.39, 0.29) is 35.4 Å². The zero-order valence-corrected chi connectivity index (χ0v) is 72.2. The first-order valence-corrected chi connectivity index (χ1v) is 41.6. The number of carbonyl (C=O) groups excluding carboxylic acids is 6. The van der Waals surface area contributed by atoms with E-state index < -0.39 is 28.9 Å². The molecule has 3 saturated heterocycles. The van der Waals surface area contributed by atoms with Crippen LogP contribution in [-0.2, 0) is 18.9 Å². The monoisotopic (exact) mass is 1710 g/mol. The molecule has 15 aromatic rings. The third-order valence-corrected chi connectivity index (χ3v) is 21.3. The molecule has 0 aliphatic carbocycles. The highest BCUT2D eigenvalue weighted by Gasteiger charge is 2.31. The summed E-state index contributed by atoms with van der Waals surface area (Å²) >= 11 is 0. The van der Waals surface area contributed by atoms with Gasteiger partial charge in [-0.3, -0.25) is 24.5 Å². The van der Waals surface area contributed by atoms with Gasteiger partial charge in [0.25, 0.3) is 0 Å². The van der Waals surface area contributed by atoms with Crippen molar-refractivity contribution in [3.63, 3.8) is 0 Å². The molecule has 128 heavy (non-hydrogen) atoms. The quantitative estimate of drug-likeness (QED) is 0.0615. The number of piperazine rings is 3. The Morgan fingerprint density at radius 3 is 1.16 bits per heavy atom. The summed E-state index contributed by atoms with van der Waals surface area (Å²) in [5, 5.41) is 38.0. The van der Waals surface area contributed by atoms with Gasteiger partial charge in [0.1, 0.15) is 46.1 Å². The van der Waals surface area contributed by atoms with Crippen LogP contribution in [0.1, 0.15) is 122 Å². The highest BCUT2D eigenvalue weighted by Crippen LogP contribution is 2.36. The number of imidazole rings is 3. The molecule has 31 nitrogen and oxygen atoms in total. The zero-order valence-electron chi connectivity index (χ0n) is 72.2. The molecule has 0 bridgehead atoms. The van der Waals surface area contributed by atoms with E-state index in [2.05, 4.69) is 88.1 Å². The normalized spacial score (nSPS) is 13.5. The molecule has 31 heteroatoms. The van der Waals surface area contributed by atoms with Crippen LogP contribution < -0.4 is 20.0 Å². The molecule has 3 fully saturated rings. The SMILES string of the molecule is CC(C)(C)OC(=O)N1CCN(c2ccc3[nH]c(C(=O)c4ccc(C#N)c(-c5cncc6ccccc56)c4)nc3n2)CC1.CC(C)(C)OC(=O)N1CCN(c2ccc3ncn(C(=O)OC(C)(C)C)c3n2)CC1.COC(=O)c1ccc(C#N)c(-c2cncc3ccccc23)c1.N#Cc1ccc(C(=O)c2nc3nc(N4CCNCC4)ccc3[nH]2)cc1-c1cncc2ccccc12. The fourth-order valence-electron chi connectivity index (χ4n) is 15.0. The highest BCUT2D eigenvalue weighted by molar-refractivity contribution is 6.11. The molecule has 9 aromatic heterocycles. The van der Waals surface area contributed by atoms with Crippen LogP contribution in [0.15, 0.2) is 207 Å². The van der Waals surface area contributed by atoms with Crippen molar-refractivity contribution >= 4 is 119 Å². The summed E-state index contributed by atoms with van der Waals surface area (Å²) in [5.41, 5.74) is 8.74. The summed E-state index contributed by atoms with van der Waals surface area (Å²) in [6, 6.07) is 56.4. The molecule has 12 heterocycles. The van der Waals surface area contributed by atoms with E-state index in [0.29, 0.717) is 136 Å². The van der Waals surface area contributed by atoms with E-state index in [9.17, 15) is 44.6 Å². The lowest BCUT2D eigenvalue weighted by molar-refractivity contribution is 0.0230. The van der Waals surface area contributed by atoms with E-state index >= 15 is 0 Å². The molecule has 3 aliphatic rings. The number of benzene rings is 6. The number of esters is 1. The van der Waals surface area contributed by atoms with Crippen LogP contribution in [0.3, 0.4) is 0 Å². The number of fused-ring (bicyclic) bond motifs is 6. The number of H-pyrrole nitrogens is 2. The number of nitriles is 3. The second-order valence-electron chi connectivity index (χ2n) is 33.5. The fraction of sp³-hybridized carbons (Fsp3) is 0.258. The number of anilines is 3. The third-order valence-electron chi connectivity index (χ3n) is 21.3. The molecule has 0 spiro atoms. The van der Waals surface area contributed by atoms with Crippen molar-refractivity contribution in [2.24, 2.45) is 0 Å². The number of amides is 2. The Balaban J connectivity index is 0.000000135. The minimum absolute atomic E-state index is 0.163. The number of aromatic amines is 2. The molecule has 18 rings (SSSR count). The maximum Gasteiger partial charge on any atom is 0.421 e. The Labute approximate surface area is 736 Å². The number of hydrogen-bond donors (Lipinski definition) is 3. The number of pyridine rings is 6. The average molecular weight is 1710 g/mol. The second-order valence-corrected chi connectivity index (χ2v) is 33.5. The van der Waals surface area contributed by atoms with Crippen LogP contribution in [-0.4, -0.2) is 207 Å². The standard InChI is InChI=1S/C32H29N7O3.C27H21N7O.C20H29N5O4.C18H12N2O2/c1-32(2,3)42-31(41)39-14-12-38(13-15-39)27-11-10-26-29(36-27)37-30(35-26)28(40)20-8-9-21(17-33)24(16-20)25-19-34-18-22-6-4-5-7-23(22)25;28-14-18-6-5-17(13-21(18)22-16-30-15-19-3-1-2-4-20(19)22)25(35)27-31-23-7-8-24(32-26(23)33-27)34-11-9-29-10-12-34;1-19(2,3)28-17(26)24-11-9-23(10-12-24)15-8-7-14-16(22-15)25(13-21-14)18(27)29-20(4,5)6;1-22-18(21)12-6-7-13(9-19)16(8-12)17-11-20-10-14-4-2-3-5-15(14)17/h4-11,16,18-19H,12-15H2,1-3H3,(H,35,36,37);1-8,13,15-16,29H,9-12H2,(H,31,32,33);7-8,13H,9-12H2,1-6H3;2-8,10-11H,1H3. The summed E-state index contributed by atoms with van der Waals surface area (Å²) < 4.78 is 22.4. The average Bonchev–Trinajstić information content (AvgIpc) is 1.00. The molecule has 0 atom stereocenters. The van der Waals surface area contributed by atoms with Gasteiger partial charge >= 0.3 is 24.2 Å². The second kappa shape index (κ2) is 37.2. The lowest BCUT2D eigenvalue weighted by atomic mass is 9.94. The molecule has 6 aromatic carbocycles. The van der Waals surface area contributed by atoms with Crippen LogP contribution in [0.5, 0.6) is 0 Å². The van der Waals surface area contributed by atoms with Crippen LogP contribution in [0, 0.1) is 34.0 Å². The van der Waals surface area contributed by atoms with Crippen molar-refractivity contribution < 1.29 is 47.7 Å². The molecule has 3 aliphatic heterocycles. The van der Waals surface area contributed by atoms with Gasteiger partial charge in [0, 0.05) is 176 Å². The maximum atomic E-state index is 13.6. The topological polar surface area (TPSA) is 391 Å². The summed E-state index contributed by atoms with van der Waals surface area (Å²) in [4.78, 5) is 132. The lowest BCUT2D eigenvalue weighted by Crippen LogP contribution is -2.50. The predicted molar refractivity (Wildman–Crippen MR) is 486 cm³/mol. The Hall–Kier alpha value is -15.9. The van der Waals surface area contributed by atoms with Crippen LogP contribution >= 0.6 is 0 Å². The van der Waals surface area contributed by atoms with Crippen LogP contribution in [0.4, 0.5) is 31.8 Å². The molecular weight excluding hydrogens is 1620 g/mol. The van der Waals surface area contributed by atoms with Gasteiger partial charge < -0.3 is 58.7 Å². The van der Waals surface area contributed by atoms with Gasteiger partial charge in [0.15, 0.2) is 28.6 Å². The molecule has 0 saturated carbocycles. The van der Waals surface area contributed by atoms with Gasteiger partial charge in [-0.25, -0.2) is 53.6 Å². The molecular formula is C97H91N21O10. The summed E-state index contributed by atoms with van der Waals surface area (Å²) in [7, 11) is 1.33. The van der Waals surface area contributed by atoms with Crippen molar-refractivity contribution in [3.8, 4) is 51.6 Å². The van der Waals surface area contributed by atoms with Gasteiger partial charge in [0.05, 0.1) is 58.6 Å². The van der Waals surface area contributed by atoms with Gasteiger partial charge in [0.2, 0.25) is 11.6 Å². The van der Waals surface area contributed by atoms with Gasteiger partial charge in [-0.15, -0.1) is 0 Å². The Kier molecular flexibility index (Phi) is 25.3. The van der Waals surface area contributed by atoms with Crippen molar-refractivity contribution in [3.05, 3.63) is 252 Å². The van der Waals surface area contributed by atoms with Crippen molar-refractivity contribution in [2.45, 2.75) is 79.1 Å². The third kappa shape index (κ3) is 19.8. The lowest BCUT2D eigenvalue weighted by Gasteiger charge is -2.36. The van der Waals surface area contributed by atoms with E-state index in [4.69, 9.17) is 23.9 Å². The van der Waals surface area contributed by atoms with Gasteiger partial charge in [-0.05, 0) is 169 Å². The van der Waals surface area contributed by atoms with Crippen LogP contribution in [0.25, 0.3) is 99.2 Å². The minimum Gasteiger partial charge on any atom is -0.465 e. The molecule has 0 unspecified atom stereocenters. The molecule has 3 N–H and O–H groups in total. The van der Waals surface area contributed by atoms with Crippen molar-refractivity contribution in [2.75, 3.05) is 100 Å².